The van der Waals surface area contributed by atoms with E-state index in [2.05, 4.69) is 36.2 Å². The van der Waals surface area contributed by atoms with Crippen molar-refractivity contribution in [3.8, 4) is 28.4 Å². The van der Waals surface area contributed by atoms with Crippen LogP contribution in [0.4, 0.5) is 24.7 Å². The second-order valence-corrected chi connectivity index (χ2v) is 13.3. The highest BCUT2D eigenvalue weighted by Crippen LogP contribution is 2.41. The molecule has 0 radical (unpaired) electrons. The molecule has 6 rings (SSSR count). The lowest BCUT2D eigenvalue weighted by Crippen LogP contribution is -2.44. The van der Waals surface area contributed by atoms with E-state index in [0.29, 0.717) is 60.4 Å². The quantitative estimate of drug-likeness (QED) is 0.121. The number of aromatic nitrogens is 3. The summed E-state index contributed by atoms with van der Waals surface area (Å²) in [5.41, 5.74) is 2.56. The van der Waals surface area contributed by atoms with Crippen molar-refractivity contribution in [2.45, 2.75) is 64.4 Å². The SMILES string of the molecule is CC(=O)N1CCC(NCc2ccnc(Nc3cccc(-c4nccc(-c5ccc(CNCC6CCC(=O)N6)c(OC(F)F)n5)c4Cl)c3Cl)c2F)CC1. The lowest BCUT2D eigenvalue weighted by molar-refractivity contribution is -0.130. The van der Waals surface area contributed by atoms with Crippen LogP contribution >= 0.6 is 23.2 Å². The van der Waals surface area contributed by atoms with Gasteiger partial charge in [0.25, 0.3) is 0 Å². The number of nitrogens with zero attached hydrogens (tertiary/aromatic N) is 4. The molecular weight excluding hydrogens is 720 g/mol. The van der Waals surface area contributed by atoms with Crippen LogP contribution in [-0.2, 0) is 22.7 Å². The first kappa shape index (κ1) is 37.3. The Morgan fingerprint density at radius 2 is 1.79 bits per heavy atom. The van der Waals surface area contributed by atoms with E-state index in [9.17, 15) is 18.4 Å². The molecule has 1 unspecified atom stereocenters. The molecule has 0 aliphatic carbocycles. The molecule has 5 heterocycles. The summed E-state index contributed by atoms with van der Waals surface area (Å²) in [7, 11) is 0. The predicted molar refractivity (Wildman–Crippen MR) is 192 cm³/mol. The van der Waals surface area contributed by atoms with Crippen molar-refractivity contribution < 1.29 is 27.5 Å². The van der Waals surface area contributed by atoms with Crippen molar-refractivity contribution in [1.82, 2.24) is 35.8 Å². The minimum atomic E-state index is -3.11. The van der Waals surface area contributed by atoms with E-state index >= 15 is 4.39 Å². The van der Waals surface area contributed by atoms with Crippen LogP contribution in [0.3, 0.4) is 0 Å². The Morgan fingerprint density at radius 3 is 2.52 bits per heavy atom. The average Bonchev–Trinajstić information content (AvgIpc) is 3.54. The second kappa shape index (κ2) is 16.9. The van der Waals surface area contributed by atoms with Gasteiger partial charge in [-0.05, 0) is 43.5 Å². The molecule has 0 bridgehead atoms. The molecule has 2 aliphatic heterocycles. The third-order valence-electron chi connectivity index (χ3n) is 9.09. The maximum absolute atomic E-state index is 15.7. The molecule has 0 saturated carbocycles. The monoisotopic (exact) mass is 756 g/mol. The molecule has 2 amide bonds. The van der Waals surface area contributed by atoms with Crippen molar-refractivity contribution in [3.05, 3.63) is 81.8 Å². The fraction of sp³-hybridized carbons (Fsp3) is 0.361. The number of piperidine rings is 1. The molecule has 2 saturated heterocycles. The zero-order valence-electron chi connectivity index (χ0n) is 28.2. The number of likely N-dealkylation sites (tertiary alicyclic amines) is 1. The molecule has 4 aromatic rings. The van der Waals surface area contributed by atoms with Gasteiger partial charge in [0.1, 0.15) is 0 Å². The van der Waals surface area contributed by atoms with Crippen molar-refractivity contribution in [1.29, 1.82) is 0 Å². The summed E-state index contributed by atoms with van der Waals surface area (Å²) in [6.07, 6.45) is 5.72. The Morgan fingerprint density at radius 1 is 1.00 bits per heavy atom. The molecule has 2 aliphatic rings. The summed E-state index contributed by atoms with van der Waals surface area (Å²) >= 11 is 13.7. The van der Waals surface area contributed by atoms with E-state index in [1.165, 1.54) is 12.4 Å². The van der Waals surface area contributed by atoms with Crippen LogP contribution in [0.1, 0.15) is 43.7 Å². The number of carbonyl (C=O) groups excluding carboxylic acids is 2. The first-order chi connectivity index (χ1) is 25.1. The number of pyridine rings is 3. The fourth-order valence-corrected chi connectivity index (χ4v) is 6.85. The molecule has 0 spiro atoms. The zero-order valence-corrected chi connectivity index (χ0v) is 29.7. The van der Waals surface area contributed by atoms with E-state index in [0.717, 1.165) is 12.8 Å². The lowest BCUT2D eigenvalue weighted by Gasteiger charge is -2.31. The van der Waals surface area contributed by atoms with Gasteiger partial charge in [0.2, 0.25) is 17.7 Å². The van der Waals surface area contributed by atoms with Crippen LogP contribution in [0.5, 0.6) is 5.88 Å². The normalized spacial score (nSPS) is 16.3. The minimum Gasteiger partial charge on any atom is -0.417 e. The maximum atomic E-state index is 15.7. The van der Waals surface area contributed by atoms with E-state index in [-0.39, 0.29) is 70.1 Å². The largest absolute Gasteiger partial charge is 0.417 e. The number of anilines is 2. The number of rotatable bonds is 13. The molecule has 274 valence electrons. The number of carbonyl (C=O) groups is 2. The second-order valence-electron chi connectivity index (χ2n) is 12.6. The molecule has 16 heteroatoms. The summed E-state index contributed by atoms with van der Waals surface area (Å²) in [4.78, 5) is 37.9. The zero-order chi connectivity index (χ0) is 36.8. The van der Waals surface area contributed by atoms with Crippen LogP contribution in [0.25, 0.3) is 22.5 Å². The Kier molecular flexibility index (Phi) is 12.1. The van der Waals surface area contributed by atoms with Gasteiger partial charge in [-0.3, -0.25) is 14.6 Å². The van der Waals surface area contributed by atoms with Crippen molar-refractivity contribution in [3.63, 3.8) is 0 Å². The number of halogens is 5. The summed E-state index contributed by atoms with van der Waals surface area (Å²) in [5.74, 6) is -0.778. The summed E-state index contributed by atoms with van der Waals surface area (Å²) in [6.45, 7) is 0.699. The van der Waals surface area contributed by atoms with Gasteiger partial charge in [0.15, 0.2) is 11.6 Å². The van der Waals surface area contributed by atoms with Gasteiger partial charge in [0.05, 0.1) is 27.1 Å². The van der Waals surface area contributed by atoms with E-state index in [1.54, 1.807) is 49.4 Å². The van der Waals surface area contributed by atoms with Crippen LogP contribution in [-0.4, -0.2) is 70.0 Å². The highest BCUT2D eigenvalue weighted by molar-refractivity contribution is 6.39. The summed E-state index contributed by atoms with van der Waals surface area (Å²) in [6, 6.07) is 11.7. The van der Waals surface area contributed by atoms with Gasteiger partial charge in [-0.25, -0.2) is 14.4 Å². The van der Waals surface area contributed by atoms with Crippen molar-refractivity contribution in [2.75, 3.05) is 25.0 Å². The van der Waals surface area contributed by atoms with Crippen LogP contribution in [0, 0.1) is 5.82 Å². The van der Waals surface area contributed by atoms with Gasteiger partial charge in [0, 0.05) is 92.8 Å². The van der Waals surface area contributed by atoms with Gasteiger partial charge in [-0.1, -0.05) is 41.4 Å². The number of hydrogen-bond acceptors (Lipinski definition) is 9. The molecule has 1 atom stereocenters. The third-order valence-corrected chi connectivity index (χ3v) is 9.88. The molecule has 2 fully saturated rings. The van der Waals surface area contributed by atoms with E-state index < -0.39 is 12.4 Å². The van der Waals surface area contributed by atoms with Crippen molar-refractivity contribution in [2.24, 2.45) is 0 Å². The lowest BCUT2D eigenvalue weighted by atomic mass is 10.0. The third kappa shape index (κ3) is 8.92. The van der Waals surface area contributed by atoms with Crippen LogP contribution in [0.2, 0.25) is 10.0 Å². The number of benzene rings is 1. The smallest absolute Gasteiger partial charge is 0.388 e. The standard InChI is InChI=1S/C36H37Cl2F3N8O3/c1-20(50)49-15-11-23(12-16-49)45-18-21-9-13-44-34(32(21)39)47-28-4-2-3-26(30(28)37)33-31(38)25(10-14-43-33)27-7-5-22(35(48-27)52-36(40)41)17-42-19-24-6-8-29(51)46-24/h2-5,7,9-10,13-14,23-24,36,42,45H,6,8,11-12,15-19H2,1H3,(H,44,47)(H,46,51). The number of hydrogen-bond donors (Lipinski definition) is 4. The van der Waals surface area contributed by atoms with E-state index in [4.69, 9.17) is 27.9 Å². The van der Waals surface area contributed by atoms with Crippen LogP contribution < -0.4 is 26.0 Å². The van der Waals surface area contributed by atoms with Gasteiger partial charge >= 0.3 is 6.61 Å². The topological polar surface area (TPSA) is 133 Å². The molecule has 1 aromatic carbocycles. The van der Waals surface area contributed by atoms with E-state index in [1.807, 2.05) is 4.90 Å². The predicted octanol–water partition coefficient (Wildman–Crippen LogP) is 6.47. The molecular formula is C36H37Cl2F3N8O3. The molecule has 52 heavy (non-hydrogen) atoms. The highest BCUT2D eigenvalue weighted by atomic mass is 35.5. The minimum absolute atomic E-state index is 0.0162. The fourth-order valence-electron chi connectivity index (χ4n) is 6.28. The van der Waals surface area contributed by atoms with Gasteiger partial charge in [-0.15, -0.1) is 0 Å². The summed E-state index contributed by atoms with van der Waals surface area (Å²) in [5, 5.41) is 12.7. The average molecular weight is 758 g/mol. The Bertz CT molecular complexity index is 1930. The Hall–Kier alpha value is -4.50. The van der Waals surface area contributed by atoms with Gasteiger partial charge in [-0.2, -0.15) is 8.78 Å². The van der Waals surface area contributed by atoms with Gasteiger partial charge < -0.3 is 30.9 Å². The first-order valence-corrected chi connectivity index (χ1v) is 17.6. The van der Waals surface area contributed by atoms with Crippen molar-refractivity contribution >= 4 is 46.5 Å². The Balaban J connectivity index is 1.18. The molecule has 3 aromatic heterocycles. The molecule has 4 N–H and O–H groups in total. The summed E-state index contributed by atoms with van der Waals surface area (Å²) < 4.78 is 47.3. The Labute approximate surface area is 308 Å². The number of ether oxygens (including phenoxy) is 1. The molecule has 11 nitrogen and oxygen atoms in total. The highest BCUT2D eigenvalue weighted by Gasteiger charge is 2.23. The first-order valence-electron chi connectivity index (χ1n) is 16.8. The number of alkyl halides is 2. The number of nitrogens with one attached hydrogen (secondary N) is 4. The van der Waals surface area contributed by atoms with Crippen LogP contribution in [0.15, 0.2) is 54.9 Å². The maximum Gasteiger partial charge on any atom is 0.388 e. The number of amides is 2.